The van der Waals surface area contributed by atoms with Gasteiger partial charge in [0.05, 0.1) is 6.10 Å². The van der Waals surface area contributed by atoms with Gasteiger partial charge in [-0.05, 0) is 17.6 Å². The van der Waals surface area contributed by atoms with E-state index in [2.05, 4.69) is 25.1 Å². The summed E-state index contributed by atoms with van der Waals surface area (Å²) in [6.45, 7) is 3.55. The largest absolute Gasteiger partial charge is 0.389 e. The molecule has 18 heavy (non-hydrogen) atoms. The zero-order chi connectivity index (χ0) is 13.0. The smallest absolute Gasteiger partial charge is 0.140 e. The third kappa shape index (κ3) is 3.18. The Labute approximate surface area is 108 Å². The van der Waals surface area contributed by atoms with E-state index in [1.165, 1.54) is 11.1 Å². The summed E-state index contributed by atoms with van der Waals surface area (Å²) in [6, 6.07) is 10.2. The van der Waals surface area contributed by atoms with Crippen LogP contribution in [0.4, 0.5) is 4.39 Å². The number of aliphatic hydroxyl groups excluding tert-OH is 1. The van der Waals surface area contributed by atoms with Crippen molar-refractivity contribution in [2.75, 3.05) is 19.6 Å². The first-order valence-corrected chi connectivity index (χ1v) is 6.49. The van der Waals surface area contributed by atoms with E-state index in [1.54, 1.807) is 0 Å². The third-order valence-electron chi connectivity index (χ3n) is 3.28. The number of β-amino-alcohol motifs (C(OH)–C–C–N with tert-alkyl or cyclic N) is 1. The van der Waals surface area contributed by atoms with Crippen molar-refractivity contribution in [3.05, 3.63) is 42.0 Å². The van der Waals surface area contributed by atoms with Gasteiger partial charge in [0.15, 0.2) is 0 Å². The van der Waals surface area contributed by atoms with Crippen LogP contribution >= 0.6 is 0 Å². The molecule has 2 rings (SSSR count). The average Bonchev–Trinajstić information content (AvgIpc) is 2.69. The molecule has 0 saturated carbocycles. The van der Waals surface area contributed by atoms with Gasteiger partial charge < -0.3 is 5.11 Å². The van der Waals surface area contributed by atoms with Gasteiger partial charge >= 0.3 is 0 Å². The summed E-state index contributed by atoms with van der Waals surface area (Å²) in [6.07, 6.45) is 1.19. The van der Waals surface area contributed by atoms with Gasteiger partial charge in [-0.25, -0.2) is 4.39 Å². The molecule has 2 nitrogen and oxygen atoms in total. The van der Waals surface area contributed by atoms with Crippen LogP contribution in [0.2, 0.25) is 0 Å². The second-order valence-electron chi connectivity index (χ2n) is 4.78. The summed E-state index contributed by atoms with van der Waals surface area (Å²) in [5, 5.41) is 9.45. The number of alkyl halides is 1. The van der Waals surface area contributed by atoms with E-state index in [1.807, 2.05) is 23.1 Å². The quantitative estimate of drug-likeness (QED) is 0.886. The molecule has 3 heteroatoms. The van der Waals surface area contributed by atoms with Gasteiger partial charge in [-0.3, -0.25) is 4.90 Å². The molecule has 1 aromatic carbocycles. The maximum absolute atomic E-state index is 13.3. The van der Waals surface area contributed by atoms with Crippen molar-refractivity contribution in [2.24, 2.45) is 0 Å². The zero-order valence-corrected chi connectivity index (χ0v) is 10.7. The van der Waals surface area contributed by atoms with Gasteiger partial charge in [-0.2, -0.15) is 0 Å². The Morgan fingerprint density at radius 2 is 2.11 bits per heavy atom. The molecule has 1 aromatic rings. The first-order chi connectivity index (χ1) is 8.70. The van der Waals surface area contributed by atoms with Crippen molar-refractivity contribution in [1.29, 1.82) is 0 Å². The zero-order valence-electron chi connectivity index (χ0n) is 10.7. The number of hydrogen-bond donors (Lipinski definition) is 1. The maximum Gasteiger partial charge on any atom is 0.140 e. The first-order valence-electron chi connectivity index (χ1n) is 6.49. The highest BCUT2D eigenvalue weighted by Gasteiger charge is 2.31. The van der Waals surface area contributed by atoms with Crippen molar-refractivity contribution >= 4 is 5.57 Å². The van der Waals surface area contributed by atoms with E-state index in [0.29, 0.717) is 19.6 Å². The third-order valence-corrected chi connectivity index (χ3v) is 3.28. The van der Waals surface area contributed by atoms with Crippen molar-refractivity contribution in [3.63, 3.8) is 0 Å². The minimum absolute atomic E-state index is 0.328. The molecule has 1 fully saturated rings. The Balaban J connectivity index is 2.07. The number of aliphatic hydroxyl groups is 1. The van der Waals surface area contributed by atoms with Gasteiger partial charge in [0.25, 0.3) is 0 Å². The fraction of sp³-hybridized carbons (Fsp3) is 0.467. The van der Waals surface area contributed by atoms with Crippen LogP contribution in [0, 0.1) is 0 Å². The van der Waals surface area contributed by atoms with Crippen LogP contribution in [0.5, 0.6) is 0 Å². The lowest BCUT2D eigenvalue weighted by molar-refractivity contribution is 0.116. The topological polar surface area (TPSA) is 23.5 Å². The van der Waals surface area contributed by atoms with E-state index < -0.39 is 12.3 Å². The number of rotatable bonds is 4. The molecule has 0 unspecified atom stereocenters. The molecule has 0 aromatic heterocycles. The SMILES string of the molecule is CCC=C(CN1C[C@@H](O)[C@H](F)C1)c1ccccc1. The molecule has 98 valence electrons. The molecule has 0 bridgehead atoms. The number of halogens is 1. The number of benzene rings is 1. The second-order valence-corrected chi connectivity index (χ2v) is 4.78. The lowest BCUT2D eigenvalue weighted by Crippen LogP contribution is -2.24. The Bertz CT molecular complexity index is 394. The first kappa shape index (κ1) is 13.2. The Kier molecular flexibility index (Phi) is 4.50. The summed E-state index contributed by atoms with van der Waals surface area (Å²) < 4.78 is 13.3. The van der Waals surface area contributed by atoms with Gasteiger partial charge in [-0.1, -0.05) is 43.3 Å². The Hall–Kier alpha value is -1.19. The molecule has 0 radical (unpaired) electrons. The maximum atomic E-state index is 13.3. The second kappa shape index (κ2) is 6.12. The van der Waals surface area contributed by atoms with Gasteiger partial charge in [0.2, 0.25) is 0 Å². The van der Waals surface area contributed by atoms with E-state index in [-0.39, 0.29) is 0 Å². The van der Waals surface area contributed by atoms with Crippen LogP contribution in [0.3, 0.4) is 0 Å². The fourth-order valence-electron chi connectivity index (χ4n) is 2.36. The molecular formula is C15H20FNO. The molecule has 0 aliphatic carbocycles. The average molecular weight is 249 g/mol. The van der Waals surface area contributed by atoms with Gasteiger partial charge in [-0.15, -0.1) is 0 Å². The van der Waals surface area contributed by atoms with Gasteiger partial charge in [0.1, 0.15) is 6.17 Å². The van der Waals surface area contributed by atoms with Crippen molar-refractivity contribution in [2.45, 2.75) is 25.6 Å². The molecule has 2 atom stereocenters. The van der Waals surface area contributed by atoms with Gasteiger partial charge in [0, 0.05) is 19.6 Å². The summed E-state index contributed by atoms with van der Waals surface area (Å²) >= 11 is 0. The lowest BCUT2D eigenvalue weighted by Gasteiger charge is -2.17. The highest BCUT2D eigenvalue weighted by molar-refractivity contribution is 5.66. The summed E-state index contributed by atoms with van der Waals surface area (Å²) in [5.41, 5.74) is 2.38. The number of allylic oxidation sites excluding steroid dienone is 1. The van der Waals surface area contributed by atoms with Crippen LogP contribution in [0.15, 0.2) is 36.4 Å². The van der Waals surface area contributed by atoms with Crippen molar-refractivity contribution in [3.8, 4) is 0 Å². The molecule has 1 aliphatic heterocycles. The summed E-state index contributed by atoms with van der Waals surface area (Å²) in [7, 11) is 0. The van der Waals surface area contributed by atoms with E-state index in [0.717, 1.165) is 6.42 Å². The lowest BCUT2D eigenvalue weighted by atomic mass is 10.0. The fourth-order valence-corrected chi connectivity index (χ4v) is 2.36. The molecule has 1 heterocycles. The molecule has 1 N–H and O–H groups in total. The van der Waals surface area contributed by atoms with E-state index in [9.17, 15) is 9.50 Å². The molecular weight excluding hydrogens is 229 g/mol. The highest BCUT2D eigenvalue weighted by Crippen LogP contribution is 2.20. The monoisotopic (exact) mass is 249 g/mol. The Morgan fingerprint density at radius 1 is 1.39 bits per heavy atom. The number of hydrogen-bond acceptors (Lipinski definition) is 2. The Morgan fingerprint density at radius 3 is 2.67 bits per heavy atom. The predicted molar refractivity (Wildman–Crippen MR) is 72.1 cm³/mol. The van der Waals surface area contributed by atoms with E-state index >= 15 is 0 Å². The van der Waals surface area contributed by atoms with Crippen LogP contribution in [-0.4, -0.2) is 41.9 Å². The van der Waals surface area contributed by atoms with Crippen molar-refractivity contribution in [1.82, 2.24) is 4.90 Å². The van der Waals surface area contributed by atoms with Crippen LogP contribution < -0.4 is 0 Å². The minimum atomic E-state index is -1.11. The van der Waals surface area contributed by atoms with Crippen LogP contribution in [0.1, 0.15) is 18.9 Å². The molecule has 0 spiro atoms. The predicted octanol–water partition coefficient (Wildman–Crippen LogP) is 2.49. The normalized spacial score (nSPS) is 25.6. The minimum Gasteiger partial charge on any atom is -0.389 e. The van der Waals surface area contributed by atoms with Crippen LogP contribution in [0.25, 0.3) is 5.57 Å². The molecule has 0 amide bonds. The van der Waals surface area contributed by atoms with E-state index in [4.69, 9.17) is 0 Å². The number of nitrogens with zero attached hydrogens (tertiary/aromatic N) is 1. The van der Waals surface area contributed by atoms with Crippen molar-refractivity contribution < 1.29 is 9.50 Å². The van der Waals surface area contributed by atoms with Crippen LogP contribution in [-0.2, 0) is 0 Å². The number of likely N-dealkylation sites (tertiary alicyclic amines) is 1. The standard InChI is InChI=1S/C15H20FNO/c1-2-6-13(12-7-4-3-5-8-12)9-17-10-14(16)15(18)11-17/h3-8,14-15,18H,2,9-11H2,1H3/t14-,15-/m1/s1. The summed E-state index contributed by atoms with van der Waals surface area (Å²) in [5.74, 6) is 0. The molecule has 1 aliphatic rings. The highest BCUT2D eigenvalue weighted by atomic mass is 19.1. The summed E-state index contributed by atoms with van der Waals surface area (Å²) in [4.78, 5) is 1.98. The molecule has 1 saturated heterocycles.